The standard InChI is InChI=1S/C20H25N3O4/c1-3-26-18(24)11-6-15-5-4-12-23(13-15)20(25)17-9-7-16(8-10-17)19-22-21-14(2)27-19/h7-10,15H,3-6,11-13H2,1-2H3. The number of piperidine rings is 1. The summed E-state index contributed by atoms with van der Waals surface area (Å²) in [6.07, 6.45) is 3.17. The van der Waals surface area contributed by atoms with Crippen molar-refractivity contribution in [2.75, 3.05) is 19.7 Å². The minimum absolute atomic E-state index is 0.0177. The highest BCUT2D eigenvalue weighted by Gasteiger charge is 2.25. The number of amides is 1. The third-order valence-corrected chi connectivity index (χ3v) is 4.77. The summed E-state index contributed by atoms with van der Waals surface area (Å²) < 4.78 is 10.4. The first kappa shape index (κ1) is 19.1. The molecule has 27 heavy (non-hydrogen) atoms. The molecule has 7 nitrogen and oxygen atoms in total. The van der Waals surface area contributed by atoms with E-state index in [1.807, 2.05) is 24.0 Å². The molecule has 3 rings (SSSR count). The maximum atomic E-state index is 12.8. The maximum absolute atomic E-state index is 12.8. The smallest absolute Gasteiger partial charge is 0.305 e. The summed E-state index contributed by atoms with van der Waals surface area (Å²) in [6.45, 7) is 5.39. The molecular formula is C20H25N3O4. The lowest BCUT2D eigenvalue weighted by Crippen LogP contribution is -2.40. The molecule has 1 aromatic carbocycles. The van der Waals surface area contributed by atoms with Crippen molar-refractivity contribution < 1.29 is 18.7 Å². The van der Waals surface area contributed by atoms with E-state index in [9.17, 15) is 9.59 Å². The number of likely N-dealkylation sites (tertiary alicyclic amines) is 1. The fraction of sp³-hybridized carbons (Fsp3) is 0.500. The Morgan fingerprint density at radius 1 is 1.26 bits per heavy atom. The maximum Gasteiger partial charge on any atom is 0.305 e. The highest BCUT2D eigenvalue weighted by Crippen LogP contribution is 2.24. The van der Waals surface area contributed by atoms with Gasteiger partial charge in [0.2, 0.25) is 11.8 Å². The number of benzene rings is 1. The average Bonchev–Trinajstić information content (AvgIpc) is 3.13. The molecule has 0 spiro atoms. The zero-order chi connectivity index (χ0) is 19.2. The number of nitrogens with zero attached hydrogens (tertiary/aromatic N) is 3. The van der Waals surface area contributed by atoms with Crippen LogP contribution in [0, 0.1) is 12.8 Å². The summed E-state index contributed by atoms with van der Waals surface area (Å²) in [5.41, 5.74) is 1.43. The summed E-state index contributed by atoms with van der Waals surface area (Å²) in [5.74, 6) is 1.15. The third-order valence-electron chi connectivity index (χ3n) is 4.77. The van der Waals surface area contributed by atoms with Crippen molar-refractivity contribution in [1.82, 2.24) is 15.1 Å². The Labute approximate surface area is 158 Å². The zero-order valence-electron chi connectivity index (χ0n) is 15.8. The van der Waals surface area contributed by atoms with Crippen LogP contribution < -0.4 is 0 Å². The molecular weight excluding hydrogens is 346 g/mol. The zero-order valence-corrected chi connectivity index (χ0v) is 15.8. The van der Waals surface area contributed by atoms with Gasteiger partial charge in [0, 0.05) is 37.6 Å². The summed E-state index contributed by atoms with van der Waals surface area (Å²) in [7, 11) is 0. The van der Waals surface area contributed by atoms with Gasteiger partial charge in [-0.1, -0.05) is 0 Å². The molecule has 1 fully saturated rings. The normalized spacial score (nSPS) is 17.0. The largest absolute Gasteiger partial charge is 0.466 e. The minimum atomic E-state index is -0.159. The first-order valence-electron chi connectivity index (χ1n) is 9.42. The molecule has 0 aliphatic carbocycles. The molecule has 1 unspecified atom stereocenters. The fourth-order valence-corrected chi connectivity index (χ4v) is 3.39. The summed E-state index contributed by atoms with van der Waals surface area (Å²) in [6, 6.07) is 7.23. The van der Waals surface area contributed by atoms with Crippen LogP contribution in [-0.2, 0) is 9.53 Å². The van der Waals surface area contributed by atoms with E-state index in [2.05, 4.69) is 10.2 Å². The van der Waals surface area contributed by atoms with Gasteiger partial charge in [-0.25, -0.2) is 0 Å². The Hall–Kier alpha value is -2.70. The molecule has 144 valence electrons. The number of carbonyl (C=O) groups is 2. The van der Waals surface area contributed by atoms with E-state index < -0.39 is 0 Å². The van der Waals surface area contributed by atoms with Gasteiger partial charge >= 0.3 is 5.97 Å². The molecule has 0 bridgehead atoms. The van der Waals surface area contributed by atoms with E-state index in [1.54, 1.807) is 19.1 Å². The van der Waals surface area contributed by atoms with Gasteiger partial charge < -0.3 is 14.1 Å². The highest BCUT2D eigenvalue weighted by molar-refractivity contribution is 5.94. The molecule has 1 aliphatic heterocycles. The van der Waals surface area contributed by atoms with E-state index in [4.69, 9.17) is 9.15 Å². The molecule has 2 aromatic rings. The Morgan fingerprint density at radius 3 is 2.70 bits per heavy atom. The molecule has 1 aromatic heterocycles. The number of esters is 1. The predicted octanol–water partition coefficient (Wildman–Crippen LogP) is 3.24. The lowest BCUT2D eigenvalue weighted by atomic mass is 9.93. The van der Waals surface area contributed by atoms with Crippen molar-refractivity contribution in [1.29, 1.82) is 0 Å². The van der Waals surface area contributed by atoms with Crippen LogP contribution in [0.25, 0.3) is 11.5 Å². The second-order valence-corrected chi connectivity index (χ2v) is 6.81. The first-order chi connectivity index (χ1) is 13.1. The van der Waals surface area contributed by atoms with Gasteiger partial charge in [-0.15, -0.1) is 10.2 Å². The summed E-state index contributed by atoms with van der Waals surface area (Å²) >= 11 is 0. The number of aromatic nitrogens is 2. The minimum Gasteiger partial charge on any atom is -0.466 e. The average molecular weight is 371 g/mol. The quantitative estimate of drug-likeness (QED) is 0.725. The fourth-order valence-electron chi connectivity index (χ4n) is 3.39. The van der Waals surface area contributed by atoms with Crippen LogP contribution in [0.15, 0.2) is 28.7 Å². The van der Waals surface area contributed by atoms with Gasteiger partial charge in [0.15, 0.2) is 0 Å². The van der Waals surface area contributed by atoms with Gasteiger partial charge in [0.05, 0.1) is 6.61 Å². The van der Waals surface area contributed by atoms with Crippen LogP contribution in [0.3, 0.4) is 0 Å². The van der Waals surface area contributed by atoms with E-state index in [0.717, 1.165) is 31.4 Å². The monoisotopic (exact) mass is 371 g/mol. The molecule has 0 N–H and O–H groups in total. The van der Waals surface area contributed by atoms with Crippen LogP contribution in [0.1, 0.15) is 48.9 Å². The summed E-state index contributed by atoms with van der Waals surface area (Å²) in [4.78, 5) is 26.3. The molecule has 2 heterocycles. The van der Waals surface area contributed by atoms with Crippen molar-refractivity contribution in [3.8, 4) is 11.5 Å². The van der Waals surface area contributed by atoms with Gasteiger partial charge in [0.1, 0.15) is 0 Å². The number of hydrogen-bond acceptors (Lipinski definition) is 6. The number of carbonyl (C=O) groups excluding carboxylic acids is 2. The Kier molecular flexibility index (Phi) is 6.21. The van der Waals surface area contributed by atoms with Crippen LogP contribution >= 0.6 is 0 Å². The third kappa shape index (κ3) is 4.93. The van der Waals surface area contributed by atoms with Crippen molar-refractivity contribution in [2.24, 2.45) is 5.92 Å². The van der Waals surface area contributed by atoms with E-state index in [1.165, 1.54) is 0 Å². The predicted molar refractivity (Wildman–Crippen MR) is 99.0 cm³/mol. The second-order valence-electron chi connectivity index (χ2n) is 6.81. The van der Waals surface area contributed by atoms with E-state index in [0.29, 0.717) is 42.8 Å². The number of ether oxygens (including phenoxy) is 1. The van der Waals surface area contributed by atoms with Crippen molar-refractivity contribution in [2.45, 2.75) is 39.5 Å². The van der Waals surface area contributed by atoms with E-state index in [-0.39, 0.29) is 11.9 Å². The van der Waals surface area contributed by atoms with Crippen LogP contribution in [-0.4, -0.2) is 46.7 Å². The van der Waals surface area contributed by atoms with Crippen molar-refractivity contribution in [3.05, 3.63) is 35.7 Å². The lowest BCUT2D eigenvalue weighted by molar-refractivity contribution is -0.143. The molecule has 1 atom stereocenters. The van der Waals surface area contributed by atoms with Gasteiger partial charge in [-0.3, -0.25) is 9.59 Å². The molecule has 1 saturated heterocycles. The molecule has 1 amide bonds. The topological polar surface area (TPSA) is 85.5 Å². The lowest BCUT2D eigenvalue weighted by Gasteiger charge is -2.32. The van der Waals surface area contributed by atoms with Gasteiger partial charge in [0.25, 0.3) is 5.91 Å². The van der Waals surface area contributed by atoms with Gasteiger partial charge in [-0.05, 0) is 56.4 Å². The van der Waals surface area contributed by atoms with Gasteiger partial charge in [-0.2, -0.15) is 0 Å². The molecule has 1 aliphatic rings. The second kappa shape index (κ2) is 8.79. The number of hydrogen-bond donors (Lipinski definition) is 0. The highest BCUT2D eigenvalue weighted by atomic mass is 16.5. The molecule has 7 heteroatoms. The molecule has 0 radical (unpaired) electrons. The number of rotatable bonds is 6. The van der Waals surface area contributed by atoms with E-state index >= 15 is 0 Å². The summed E-state index contributed by atoms with van der Waals surface area (Å²) in [5, 5.41) is 7.81. The van der Waals surface area contributed by atoms with Crippen LogP contribution in [0.5, 0.6) is 0 Å². The Morgan fingerprint density at radius 2 is 2.04 bits per heavy atom. The first-order valence-corrected chi connectivity index (χ1v) is 9.42. The Balaban J connectivity index is 1.58. The Bertz CT molecular complexity index is 785. The van der Waals surface area contributed by atoms with Crippen LogP contribution in [0.4, 0.5) is 0 Å². The van der Waals surface area contributed by atoms with Crippen molar-refractivity contribution in [3.63, 3.8) is 0 Å². The van der Waals surface area contributed by atoms with Crippen molar-refractivity contribution >= 4 is 11.9 Å². The molecule has 0 saturated carbocycles. The SMILES string of the molecule is CCOC(=O)CCC1CCCN(C(=O)c2ccc(-c3nnc(C)o3)cc2)C1. The van der Waals surface area contributed by atoms with Crippen LogP contribution in [0.2, 0.25) is 0 Å². The number of aryl methyl sites for hydroxylation is 1.